The van der Waals surface area contributed by atoms with Gasteiger partial charge in [-0.15, -0.1) is 0 Å². The summed E-state index contributed by atoms with van der Waals surface area (Å²) in [7, 11) is 0. The number of hydrogen-bond donors (Lipinski definition) is 1. The molecule has 0 aromatic heterocycles. The predicted octanol–water partition coefficient (Wildman–Crippen LogP) is 0.380. The largest absolute Gasteiger partial charge is 0.367 e. The lowest BCUT2D eigenvalue weighted by Crippen LogP contribution is -2.53. The van der Waals surface area contributed by atoms with Gasteiger partial charge in [-0.2, -0.15) is 0 Å². The molecule has 0 atom stereocenters. The van der Waals surface area contributed by atoms with Crippen molar-refractivity contribution in [3.8, 4) is 0 Å². The minimum atomic E-state index is -0.173. The van der Waals surface area contributed by atoms with Crippen molar-refractivity contribution in [2.75, 3.05) is 63.8 Å². The maximum atomic E-state index is 13.8. The topological polar surface area (TPSA) is 38.8 Å². The first-order chi connectivity index (χ1) is 10.7. The molecule has 0 bridgehead atoms. The third-order valence-corrected chi connectivity index (χ3v) is 4.39. The minimum absolute atomic E-state index is 0.173. The average Bonchev–Trinajstić information content (AvgIpc) is 2.57. The number of piperazine rings is 2. The van der Waals surface area contributed by atoms with Crippen LogP contribution >= 0.6 is 0 Å². The number of rotatable bonds is 3. The monoisotopic (exact) mass is 306 g/mol. The third kappa shape index (κ3) is 3.56. The molecular weight excluding hydrogens is 283 g/mol. The fourth-order valence-electron chi connectivity index (χ4n) is 3.06. The molecule has 3 rings (SSSR count). The van der Waals surface area contributed by atoms with Crippen molar-refractivity contribution in [2.24, 2.45) is 0 Å². The van der Waals surface area contributed by atoms with Crippen LogP contribution in [0.15, 0.2) is 24.3 Å². The van der Waals surface area contributed by atoms with Crippen LogP contribution in [0.4, 0.5) is 10.1 Å². The zero-order valence-corrected chi connectivity index (χ0v) is 12.8. The molecule has 2 heterocycles. The molecule has 120 valence electrons. The number of anilines is 1. The van der Waals surface area contributed by atoms with Gasteiger partial charge in [0.05, 0.1) is 12.2 Å². The lowest BCUT2D eigenvalue weighted by Gasteiger charge is -2.37. The molecule has 2 fully saturated rings. The molecule has 2 aliphatic heterocycles. The number of halogens is 1. The maximum Gasteiger partial charge on any atom is 0.236 e. The number of benzene rings is 1. The van der Waals surface area contributed by atoms with Gasteiger partial charge in [-0.1, -0.05) is 12.1 Å². The Morgan fingerprint density at radius 1 is 1.05 bits per heavy atom. The van der Waals surface area contributed by atoms with Crippen LogP contribution in [0.1, 0.15) is 0 Å². The van der Waals surface area contributed by atoms with Crippen molar-refractivity contribution in [1.29, 1.82) is 0 Å². The second-order valence-corrected chi connectivity index (χ2v) is 5.85. The Bertz CT molecular complexity index is 511. The van der Waals surface area contributed by atoms with Crippen molar-refractivity contribution in [2.45, 2.75) is 0 Å². The van der Waals surface area contributed by atoms with Crippen LogP contribution in [0, 0.1) is 5.82 Å². The Hall–Kier alpha value is -1.66. The summed E-state index contributed by atoms with van der Waals surface area (Å²) >= 11 is 0. The molecule has 0 radical (unpaired) electrons. The Balaban J connectivity index is 1.49. The van der Waals surface area contributed by atoms with Gasteiger partial charge in [-0.3, -0.25) is 9.69 Å². The first kappa shape index (κ1) is 15.2. The van der Waals surface area contributed by atoms with Gasteiger partial charge in [0, 0.05) is 52.4 Å². The second-order valence-electron chi connectivity index (χ2n) is 5.85. The number of nitrogens with one attached hydrogen (secondary N) is 1. The first-order valence-corrected chi connectivity index (χ1v) is 7.94. The van der Waals surface area contributed by atoms with Gasteiger partial charge >= 0.3 is 0 Å². The Labute approximate surface area is 130 Å². The van der Waals surface area contributed by atoms with Crippen molar-refractivity contribution in [3.63, 3.8) is 0 Å². The first-order valence-electron chi connectivity index (χ1n) is 7.94. The van der Waals surface area contributed by atoms with Gasteiger partial charge in [0.2, 0.25) is 5.91 Å². The van der Waals surface area contributed by atoms with E-state index in [0.29, 0.717) is 12.2 Å². The molecule has 2 aliphatic rings. The maximum absolute atomic E-state index is 13.8. The molecule has 1 amide bonds. The van der Waals surface area contributed by atoms with E-state index in [2.05, 4.69) is 15.1 Å². The van der Waals surface area contributed by atoms with Crippen LogP contribution in [0.3, 0.4) is 0 Å². The van der Waals surface area contributed by atoms with Crippen LogP contribution in [-0.2, 0) is 4.79 Å². The van der Waals surface area contributed by atoms with Gasteiger partial charge < -0.3 is 15.1 Å². The van der Waals surface area contributed by atoms with E-state index in [1.807, 2.05) is 17.0 Å². The molecule has 5 nitrogen and oxygen atoms in total. The summed E-state index contributed by atoms with van der Waals surface area (Å²) in [6.07, 6.45) is 0. The lowest BCUT2D eigenvalue weighted by molar-refractivity contribution is -0.133. The predicted molar refractivity (Wildman–Crippen MR) is 84.5 cm³/mol. The molecule has 1 aromatic carbocycles. The van der Waals surface area contributed by atoms with Crippen molar-refractivity contribution in [1.82, 2.24) is 15.1 Å². The lowest BCUT2D eigenvalue weighted by atomic mass is 10.2. The van der Waals surface area contributed by atoms with Crippen LogP contribution in [-0.4, -0.2) is 74.6 Å². The Morgan fingerprint density at radius 2 is 1.73 bits per heavy atom. The second kappa shape index (κ2) is 7.07. The highest BCUT2D eigenvalue weighted by atomic mass is 19.1. The number of carbonyl (C=O) groups is 1. The Morgan fingerprint density at radius 3 is 2.41 bits per heavy atom. The Kier molecular flexibility index (Phi) is 4.90. The van der Waals surface area contributed by atoms with E-state index in [9.17, 15) is 9.18 Å². The molecule has 0 unspecified atom stereocenters. The zero-order chi connectivity index (χ0) is 15.4. The van der Waals surface area contributed by atoms with Crippen LogP contribution in [0.25, 0.3) is 0 Å². The molecule has 1 aromatic rings. The van der Waals surface area contributed by atoms with Gasteiger partial charge in [-0.25, -0.2) is 4.39 Å². The number of para-hydroxylation sites is 1. The average molecular weight is 306 g/mol. The van der Waals surface area contributed by atoms with Gasteiger partial charge in [-0.05, 0) is 12.1 Å². The third-order valence-electron chi connectivity index (χ3n) is 4.39. The summed E-state index contributed by atoms with van der Waals surface area (Å²) in [6.45, 7) is 6.95. The highest BCUT2D eigenvalue weighted by Crippen LogP contribution is 2.20. The molecule has 0 saturated carbocycles. The van der Waals surface area contributed by atoms with E-state index < -0.39 is 0 Å². The molecule has 0 aliphatic carbocycles. The zero-order valence-electron chi connectivity index (χ0n) is 12.8. The molecule has 1 N–H and O–H groups in total. The summed E-state index contributed by atoms with van der Waals surface area (Å²) in [5, 5.41) is 3.25. The number of hydrogen-bond acceptors (Lipinski definition) is 4. The number of amides is 1. The molecule has 22 heavy (non-hydrogen) atoms. The summed E-state index contributed by atoms with van der Waals surface area (Å²) < 4.78 is 13.8. The van der Waals surface area contributed by atoms with Crippen molar-refractivity contribution < 1.29 is 9.18 Å². The molecule has 2 saturated heterocycles. The van der Waals surface area contributed by atoms with E-state index in [-0.39, 0.29) is 11.7 Å². The highest BCUT2D eigenvalue weighted by Gasteiger charge is 2.23. The fourth-order valence-corrected chi connectivity index (χ4v) is 3.06. The molecule has 6 heteroatoms. The van der Waals surface area contributed by atoms with E-state index in [1.54, 1.807) is 6.07 Å². The van der Waals surface area contributed by atoms with E-state index in [0.717, 1.165) is 52.4 Å². The standard InChI is InChI=1S/C16H23FN4O/c17-14-3-1-2-4-15(14)20-11-9-19(10-12-20)13-16(22)21-7-5-18-6-8-21/h1-4,18H,5-13H2. The van der Waals surface area contributed by atoms with E-state index in [1.165, 1.54) is 6.07 Å². The quantitative estimate of drug-likeness (QED) is 0.876. The summed E-state index contributed by atoms with van der Waals surface area (Å²) in [5.41, 5.74) is 0.663. The van der Waals surface area contributed by atoms with Crippen molar-refractivity contribution in [3.05, 3.63) is 30.1 Å². The number of carbonyl (C=O) groups excluding carboxylic acids is 1. The minimum Gasteiger partial charge on any atom is -0.367 e. The van der Waals surface area contributed by atoms with Crippen LogP contribution in [0.5, 0.6) is 0 Å². The smallest absolute Gasteiger partial charge is 0.236 e. The highest BCUT2D eigenvalue weighted by molar-refractivity contribution is 5.78. The van der Waals surface area contributed by atoms with Crippen molar-refractivity contribution >= 4 is 11.6 Å². The van der Waals surface area contributed by atoms with Gasteiger partial charge in [0.15, 0.2) is 0 Å². The van der Waals surface area contributed by atoms with Gasteiger partial charge in [0.1, 0.15) is 5.82 Å². The van der Waals surface area contributed by atoms with Crippen LogP contribution < -0.4 is 10.2 Å². The van der Waals surface area contributed by atoms with E-state index >= 15 is 0 Å². The van der Waals surface area contributed by atoms with Gasteiger partial charge in [0.25, 0.3) is 0 Å². The number of nitrogens with zero attached hydrogens (tertiary/aromatic N) is 3. The summed E-state index contributed by atoms with van der Waals surface area (Å²) in [6, 6.07) is 6.88. The SMILES string of the molecule is O=C(CN1CCN(c2ccccc2F)CC1)N1CCNCC1. The fraction of sp³-hybridized carbons (Fsp3) is 0.562. The summed E-state index contributed by atoms with van der Waals surface area (Å²) in [5.74, 6) is 0.0358. The van der Waals surface area contributed by atoms with E-state index in [4.69, 9.17) is 0 Å². The molecular formula is C16H23FN4O. The molecule has 0 spiro atoms. The summed E-state index contributed by atoms with van der Waals surface area (Å²) in [4.78, 5) is 18.4. The van der Waals surface area contributed by atoms with Crippen LogP contribution in [0.2, 0.25) is 0 Å². The normalized spacial score (nSPS) is 20.2.